The summed E-state index contributed by atoms with van der Waals surface area (Å²) in [5.41, 5.74) is 4.53. The highest BCUT2D eigenvalue weighted by Gasteiger charge is 2.06. The van der Waals surface area contributed by atoms with Gasteiger partial charge in [0.2, 0.25) is 0 Å². The normalized spacial score (nSPS) is 11.0. The molecule has 0 bridgehead atoms. The highest BCUT2D eigenvalue weighted by atomic mass is 35.5. The lowest BCUT2D eigenvalue weighted by molar-refractivity contribution is 0.776. The first kappa shape index (κ1) is 15.5. The van der Waals surface area contributed by atoms with Crippen LogP contribution in [0.3, 0.4) is 0 Å². The van der Waals surface area contributed by atoms with Gasteiger partial charge < -0.3 is 0 Å². The first-order chi connectivity index (χ1) is 11.2. The van der Waals surface area contributed by atoms with Gasteiger partial charge in [0.1, 0.15) is 0 Å². The third kappa shape index (κ3) is 3.85. The number of tetrazole rings is 1. The lowest BCUT2D eigenvalue weighted by atomic mass is 10.3. The van der Waals surface area contributed by atoms with Crippen molar-refractivity contribution in [2.45, 2.75) is 6.42 Å². The first-order valence-corrected chi connectivity index (χ1v) is 7.55. The van der Waals surface area contributed by atoms with E-state index >= 15 is 0 Å². The molecule has 0 radical (unpaired) electrons. The van der Waals surface area contributed by atoms with Crippen molar-refractivity contribution in [3.8, 4) is 5.69 Å². The summed E-state index contributed by atoms with van der Waals surface area (Å²) in [6.07, 6.45) is 2.17. The Kier molecular flexibility index (Phi) is 4.85. The van der Waals surface area contributed by atoms with Crippen LogP contribution in [0.4, 0.5) is 5.69 Å². The zero-order valence-electron chi connectivity index (χ0n) is 11.9. The van der Waals surface area contributed by atoms with Gasteiger partial charge in [-0.05, 0) is 40.8 Å². The minimum Gasteiger partial charge on any atom is -0.279 e. The average molecular weight is 347 g/mol. The number of hydrazone groups is 1. The van der Waals surface area contributed by atoms with Crippen LogP contribution in [-0.2, 0) is 6.42 Å². The minimum absolute atomic E-state index is 0.472. The topological polar surface area (TPSA) is 68.0 Å². The number of anilines is 1. The molecule has 0 amide bonds. The zero-order chi connectivity index (χ0) is 16.1. The van der Waals surface area contributed by atoms with E-state index in [1.54, 1.807) is 29.1 Å². The second-order valence-corrected chi connectivity index (χ2v) is 5.41. The molecular formula is C15H12Cl2N6. The molecule has 0 aliphatic rings. The second kappa shape index (κ2) is 7.21. The van der Waals surface area contributed by atoms with Gasteiger partial charge in [-0.3, -0.25) is 5.43 Å². The molecule has 0 atom stereocenters. The van der Waals surface area contributed by atoms with Crippen LogP contribution >= 0.6 is 23.2 Å². The van der Waals surface area contributed by atoms with Crippen LogP contribution in [0.5, 0.6) is 0 Å². The van der Waals surface area contributed by atoms with Gasteiger partial charge in [-0.15, -0.1) is 5.10 Å². The van der Waals surface area contributed by atoms with Gasteiger partial charge in [-0.2, -0.15) is 9.78 Å². The maximum absolute atomic E-state index is 5.94. The smallest absolute Gasteiger partial charge is 0.162 e. The molecule has 1 heterocycles. The van der Waals surface area contributed by atoms with Gasteiger partial charge in [-0.1, -0.05) is 41.4 Å². The number of para-hydroxylation sites is 1. The molecule has 8 heteroatoms. The van der Waals surface area contributed by atoms with Crippen molar-refractivity contribution in [3.63, 3.8) is 0 Å². The van der Waals surface area contributed by atoms with Crippen LogP contribution in [0.25, 0.3) is 5.69 Å². The molecule has 1 N–H and O–H groups in total. The van der Waals surface area contributed by atoms with Crippen molar-refractivity contribution in [3.05, 3.63) is 64.4 Å². The van der Waals surface area contributed by atoms with Gasteiger partial charge in [0.25, 0.3) is 0 Å². The van der Waals surface area contributed by atoms with Crippen molar-refractivity contribution < 1.29 is 0 Å². The number of aromatic nitrogens is 4. The molecule has 0 saturated heterocycles. The number of nitrogens with zero attached hydrogens (tertiary/aromatic N) is 5. The van der Waals surface area contributed by atoms with E-state index in [0.717, 1.165) is 11.4 Å². The van der Waals surface area contributed by atoms with Crippen LogP contribution in [0.15, 0.2) is 53.6 Å². The number of nitrogens with one attached hydrogen (secondary N) is 1. The standard InChI is InChI=1S/C15H12Cl2N6/c16-13-7-6-11(10-14(13)17)19-18-9-8-15-20-21-22-23(15)12-4-2-1-3-5-12/h1-7,9-10,19H,8H2/b18-9+. The molecule has 3 aromatic rings. The SMILES string of the molecule is Clc1ccc(N/N=C/Cc2nnnn2-c2ccccc2)cc1Cl. The predicted octanol–water partition coefficient (Wildman–Crippen LogP) is 3.61. The van der Waals surface area contributed by atoms with E-state index in [2.05, 4.69) is 26.1 Å². The van der Waals surface area contributed by atoms with E-state index in [1.165, 1.54) is 0 Å². The van der Waals surface area contributed by atoms with Crippen LogP contribution in [0.2, 0.25) is 10.0 Å². The molecule has 0 saturated carbocycles. The molecule has 0 aliphatic carbocycles. The van der Waals surface area contributed by atoms with Crippen molar-refractivity contribution in [1.82, 2.24) is 20.2 Å². The summed E-state index contributed by atoms with van der Waals surface area (Å²) in [4.78, 5) is 0. The Morgan fingerprint density at radius 2 is 1.91 bits per heavy atom. The Morgan fingerprint density at radius 1 is 1.09 bits per heavy atom. The molecule has 23 heavy (non-hydrogen) atoms. The van der Waals surface area contributed by atoms with Crippen LogP contribution in [0, 0.1) is 0 Å². The summed E-state index contributed by atoms with van der Waals surface area (Å²) in [7, 11) is 0. The number of rotatable bonds is 5. The van der Waals surface area contributed by atoms with E-state index < -0.39 is 0 Å². The van der Waals surface area contributed by atoms with Gasteiger partial charge in [0.15, 0.2) is 5.82 Å². The fraction of sp³-hybridized carbons (Fsp3) is 0.0667. The third-order valence-corrected chi connectivity index (χ3v) is 3.75. The van der Waals surface area contributed by atoms with Crippen LogP contribution in [-0.4, -0.2) is 26.4 Å². The summed E-state index contributed by atoms with van der Waals surface area (Å²) < 4.78 is 1.67. The summed E-state index contributed by atoms with van der Waals surface area (Å²) in [6, 6.07) is 14.9. The summed E-state index contributed by atoms with van der Waals surface area (Å²) >= 11 is 11.8. The summed E-state index contributed by atoms with van der Waals surface area (Å²) in [5.74, 6) is 0.691. The quantitative estimate of drug-likeness (QED) is 0.566. The molecule has 0 spiro atoms. The molecule has 116 valence electrons. The second-order valence-electron chi connectivity index (χ2n) is 4.60. The molecule has 1 aromatic heterocycles. The maximum atomic E-state index is 5.94. The molecule has 0 unspecified atom stereocenters. The number of hydrogen-bond donors (Lipinski definition) is 1. The Balaban J connectivity index is 1.65. The van der Waals surface area contributed by atoms with Crippen molar-refractivity contribution in [2.75, 3.05) is 5.43 Å². The fourth-order valence-electron chi connectivity index (χ4n) is 1.92. The molecule has 2 aromatic carbocycles. The monoisotopic (exact) mass is 346 g/mol. The fourth-order valence-corrected chi connectivity index (χ4v) is 2.21. The molecule has 3 rings (SSSR count). The summed E-state index contributed by atoms with van der Waals surface area (Å²) in [5, 5.41) is 16.8. The molecular weight excluding hydrogens is 335 g/mol. The van der Waals surface area contributed by atoms with Crippen molar-refractivity contribution in [2.24, 2.45) is 5.10 Å². The van der Waals surface area contributed by atoms with Crippen molar-refractivity contribution >= 4 is 35.1 Å². The number of benzene rings is 2. The number of hydrogen-bond acceptors (Lipinski definition) is 5. The lowest BCUT2D eigenvalue weighted by Gasteiger charge is -2.03. The molecule has 6 nitrogen and oxygen atoms in total. The largest absolute Gasteiger partial charge is 0.279 e. The Morgan fingerprint density at radius 3 is 2.70 bits per heavy atom. The molecule has 0 aliphatic heterocycles. The predicted molar refractivity (Wildman–Crippen MR) is 91.4 cm³/mol. The lowest BCUT2D eigenvalue weighted by Crippen LogP contribution is -2.04. The minimum atomic E-state index is 0.472. The van der Waals surface area contributed by atoms with E-state index in [-0.39, 0.29) is 0 Å². The van der Waals surface area contributed by atoms with Gasteiger partial charge in [0.05, 0.1) is 21.4 Å². The van der Waals surface area contributed by atoms with Gasteiger partial charge >= 0.3 is 0 Å². The molecule has 0 fully saturated rings. The highest BCUT2D eigenvalue weighted by Crippen LogP contribution is 2.24. The maximum Gasteiger partial charge on any atom is 0.162 e. The first-order valence-electron chi connectivity index (χ1n) is 6.79. The van der Waals surface area contributed by atoms with Crippen LogP contribution in [0.1, 0.15) is 5.82 Å². The van der Waals surface area contributed by atoms with Gasteiger partial charge in [-0.25, -0.2) is 0 Å². The highest BCUT2D eigenvalue weighted by molar-refractivity contribution is 6.42. The number of halogens is 2. The van der Waals surface area contributed by atoms with E-state index in [4.69, 9.17) is 23.2 Å². The van der Waals surface area contributed by atoms with E-state index in [9.17, 15) is 0 Å². The Labute approximate surface area is 142 Å². The zero-order valence-corrected chi connectivity index (χ0v) is 13.4. The Hall–Kier alpha value is -2.44. The van der Waals surface area contributed by atoms with E-state index in [0.29, 0.717) is 22.3 Å². The van der Waals surface area contributed by atoms with E-state index in [1.807, 2.05) is 30.3 Å². The van der Waals surface area contributed by atoms with Crippen LogP contribution < -0.4 is 5.43 Å². The van der Waals surface area contributed by atoms with Crippen molar-refractivity contribution in [1.29, 1.82) is 0 Å². The third-order valence-electron chi connectivity index (χ3n) is 3.01. The Bertz CT molecular complexity index is 816. The summed E-state index contributed by atoms with van der Waals surface area (Å²) in [6.45, 7) is 0. The van der Waals surface area contributed by atoms with Gasteiger partial charge in [0, 0.05) is 12.6 Å². The average Bonchev–Trinajstić information content (AvgIpc) is 3.04.